The maximum absolute atomic E-state index is 14.2. The van der Waals surface area contributed by atoms with Gasteiger partial charge in [0, 0.05) is 18.9 Å². The lowest BCUT2D eigenvalue weighted by atomic mass is 9.98. The fourth-order valence-corrected chi connectivity index (χ4v) is 3.16. The zero-order valence-corrected chi connectivity index (χ0v) is 16.4. The molecule has 0 amide bonds. The van der Waals surface area contributed by atoms with E-state index in [1.165, 1.54) is 18.5 Å². The number of nitrogens with zero attached hydrogens (tertiary/aromatic N) is 2. The average Bonchev–Trinajstić information content (AvgIpc) is 2.73. The number of halogens is 8. The van der Waals surface area contributed by atoms with E-state index in [1.807, 2.05) is 0 Å². The molecule has 1 unspecified atom stereocenters. The van der Waals surface area contributed by atoms with Crippen molar-refractivity contribution in [1.29, 1.82) is 5.26 Å². The van der Waals surface area contributed by atoms with Crippen molar-refractivity contribution in [2.45, 2.75) is 24.9 Å². The highest BCUT2D eigenvalue weighted by Gasteiger charge is 2.37. The number of nitrogens with one attached hydrogen (secondary N) is 1. The van der Waals surface area contributed by atoms with E-state index >= 15 is 0 Å². The van der Waals surface area contributed by atoms with Crippen molar-refractivity contribution in [2.24, 2.45) is 0 Å². The largest absolute Gasteiger partial charge is 0.416 e. The summed E-state index contributed by atoms with van der Waals surface area (Å²) in [6.07, 6.45) is -7.67. The number of nitriles is 1. The maximum atomic E-state index is 14.2. The molecule has 0 fully saturated rings. The third-order valence-electron chi connectivity index (χ3n) is 4.70. The highest BCUT2D eigenvalue weighted by atomic mass is 19.4. The lowest BCUT2D eigenvalue weighted by molar-refractivity contribution is -0.143. The summed E-state index contributed by atoms with van der Waals surface area (Å²) in [5.41, 5.74) is -3.85. The van der Waals surface area contributed by atoms with Crippen LogP contribution in [0.2, 0.25) is 0 Å². The molecule has 0 saturated heterocycles. The van der Waals surface area contributed by atoms with E-state index in [2.05, 4.69) is 10.3 Å². The summed E-state index contributed by atoms with van der Waals surface area (Å²) in [5, 5.41) is 11.9. The van der Waals surface area contributed by atoms with Gasteiger partial charge in [-0.2, -0.15) is 31.6 Å². The first-order valence-electron chi connectivity index (χ1n) is 9.21. The third-order valence-corrected chi connectivity index (χ3v) is 4.70. The molecule has 0 radical (unpaired) electrons. The Bertz CT molecular complexity index is 1140. The van der Waals surface area contributed by atoms with Crippen molar-refractivity contribution < 1.29 is 35.1 Å². The predicted octanol–water partition coefficient (Wildman–Crippen LogP) is 6.42. The highest BCUT2D eigenvalue weighted by Crippen LogP contribution is 2.37. The molecular formula is C22H13F8N3. The Kier molecular flexibility index (Phi) is 6.69. The van der Waals surface area contributed by atoms with Crippen LogP contribution in [0.15, 0.2) is 54.9 Å². The van der Waals surface area contributed by atoms with Gasteiger partial charge in [0.25, 0.3) is 0 Å². The Labute approximate surface area is 182 Å². The number of aromatic nitrogens is 1. The van der Waals surface area contributed by atoms with E-state index in [9.17, 15) is 40.4 Å². The molecule has 0 aliphatic rings. The SMILES string of the molecule is N#CC(NCc1cnccc1-c1c(F)cccc1F)c1cc(C(F)(F)F)cc(C(F)(F)F)c1. The summed E-state index contributed by atoms with van der Waals surface area (Å²) < 4.78 is 107. The zero-order valence-electron chi connectivity index (χ0n) is 16.4. The molecule has 172 valence electrons. The molecule has 1 heterocycles. The molecule has 3 rings (SSSR count). The minimum atomic E-state index is -5.07. The van der Waals surface area contributed by atoms with Crippen molar-refractivity contribution in [2.75, 3.05) is 0 Å². The summed E-state index contributed by atoms with van der Waals surface area (Å²) >= 11 is 0. The van der Waals surface area contributed by atoms with Gasteiger partial charge in [-0.15, -0.1) is 0 Å². The Hall–Kier alpha value is -3.52. The second kappa shape index (κ2) is 9.15. The van der Waals surface area contributed by atoms with Crippen LogP contribution in [0, 0.1) is 23.0 Å². The summed E-state index contributed by atoms with van der Waals surface area (Å²) in [6, 6.07) is 5.36. The van der Waals surface area contributed by atoms with E-state index in [1.54, 1.807) is 6.07 Å². The van der Waals surface area contributed by atoms with Crippen LogP contribution >= 0.6 is 0 Å². The molecule has 0 saturated carbocycles. The van der Waals surface area contributed by atoms with Crippen LogP contribution in [0.5, 0.6) is 0 Å². The molecule has 0 aliphatic heterocycles. The Morgan fingerprint density at radius 1 is 0.909 bits per heavy atom. The zero-order chi connectivity index (χ0) is 24.4. The van der Waals surface area contributed by atoms with Gasteiger partial charge in [0.1, 0.15) is 17.7 Å². The van der Waals surface area contributed by atoms with Crippen molar-refractivity contribution in [3.63, 3.8) is 0 Å². The fourth-order valence-electron chi connectivity index (χ4n) is 3.16. The van der Waals surface area contributed by atoms with Gasteiger partial charge in [0.2, 0.25) is 0 Å². The number of rotatable bonds is 5. The number of hydrogen-bond donors (Lipinski definition) is 1. The molecule has 33 heavy (non-hydrogen) atoms. The Morgan fingerprint density at radius 3 is 2.00 bits per heavy atom. The lowest BCUT2D eigenvalue weighted by Crippen LogP contribution is -2.22. The van der Waals surface area contributed by atoms with Crippen molar-refractivity contribution in [3.8, 4) is 17.2 Å². The van der Waals surface area contributed by atoms with Gasteiger partial charge < -0.3 is 0 Å². The Morgan fingerprint density at radius 2 is 1.48 bits per heavy atom. The minimum Gasteiger partial charge on any atom is -0.294 e. The molecule has 2 aromatic carbocycles. The van der Waals surface area contributed by atoms with Crippen LogP contribution in [0.4, 0.5) is 35.1 Å². The van der Waals surface area contributed by atoms with Gasteiger partial charge in [-0.3, -0.25) is 10.3 Å². The molecule has 11 heteroatoms. The van der Waals surface area contributed by atoms with Crippen LogP contribution < -0.4 is 5.32 Å². The number of pyridine rings is 1. The second-order valence-electron chi connectivity index (χ2n) is 6.91. The first kappa shape index (κ1) is 24.1. The summed E-state index contributed by atoms with van der Waals surface area (Å²) in [6.45, 7) is -0.327. The van der Waals surface area contributed by atoms with Gasteiger partial charge >= 0.3 is 12.4 Å². The molecule has 0 aliphatic carbocycles. The normalized spacial score (nSPS) is 12.9. The standard InChI is InChI=1S/C22H13F8N3/c23-17-2-1-3-18(24)20(17)16-4-5-32-10-13(16)11-33-19(9-31)12-6-14(21(25,26)27)8-15(7-12)22(28,29)30/h1-8,10,19,33H,11H2. The molecule has 1 N–H and O–H groups in total. The molecule has 3 nitrogen and oxygen atoms in total. The van der Waals surface area contributed by atoms with E-state index in [-0.39, 0.29) is 29.3 Å². The second-order valence-corrected chi connectivity index (χ2v) is 6.91. The van der Waals surface area contributed by atoms with E-state index in [0.717, 1.165) is 18.2 Å². The van der Waals surface area contributed by atoms with Gasteiger partial charge in [-0.05, 0) is 53.1 Å². The van der Waals surface area contributed by atoms with Crippen LogP contribution in [0.25, 0.3) is 11.1 Å². The molecule has 0 spiro atoms. The quantitative estimate of drug-likeness (QED) is 0.437. The summed E-state index contributed by atoms with van der Waals surface area (Å²) in [5.74, 6) is -1.76. The highest BCUT2D eigenvalue weighted by molar-refractivity contribution is 5.68. The molecule has 1 atom stereocenters. The number of benzene rings is 2. The monoisotopic (exact) mass is 471 g/mol. The first-order chi connectivity index (χ1) is 15.4. The van der Waals surface area contributed by atoms with Crippen LogP contribution in [0.3, 0.4) is 0 Å². The third kappa shape index (κ3) is 5.46. The van der Waals surface area contributed by atoms with Crippen molar-refractivity contribution in [1.82, 2.24) is 10.3 Å². The average molecular weight is 471 g/mol. The number of alkyl halides is 6. The Balaban J connectivity index is 1.97. The maximum Gasteiger partial charge on any atom is 0.416 e. The van der Waals surface area contributed by atoms with Gasteiger partial charge in [0.05, 0.1) is 22.8 Å². The lowest BCUT2D eigenvalue weighted by Gasteiger charge is -2.18. The van der Waals surface area contributed by atoms with Crippen molar-refractivity contribution >= 4 is 0 Å². The molecular weight excluding hydrogens is 458 g/mol. The van der Waals surface area contributed by atoms with E-state index in [4.69, 9.17) is 0 Å². The summed E-state index contributed by atoms with van der Waals surface area (Å²) in [4.78, 5) is 3.83. The topological polar surface area (TPSA) is 48.7 Å². The van der Waals surface area contributed by atoms with E-state index in [0.29, 0.717) is 12.1 Å². The van der Waals surface area contributed by atoms with Gasteiger partial charge in [-0.1, -0.05) is 6.07 Å². The number of hydrogen-bond acceptors (Lipinski definition) is 3. The van der Waals surface area contributed by atoms with Crippen LogP contribution in [-0.2, 0) is 18.9 Å². The van der Waals surface area contributed by atoms with Gasteiger partial charge in [0.15, 0.2) is 0 Å². The fraction of sp³-hybridized carbons (Fsp3) is 0.182. The summed E-state index contributed by atoms with van der Waals surface area (Å²) in [7, 11) is 0. The van der Waals surface area contributed by atoms with Gasteiger partial charge in [-0.25, -0.2) is 8.78 Å². The molecule has 0 bridgehead atoms. The smallest absolute Gasteiger partial charge is 0.294 e. The predicted molar refractivity (Wildman–Crippen MR) is 101 cm³/mol. The van der Waals surface area contributed by atoms with E-state index < -0.39 is 46.7 Å². The van der Waals surface area contributed by atoms with Crippen LogP contribution in [0.1, 0.15) is 28.3 Å². The van der Waals surface area contributed by atoms with Crippen LogP contribution in [-0.4, -0.2) is 4.98 Å². The molecule has 1 aromatic heterocycles. The molecule has 3 aromatic rings. The van der Waals surface area contributed by atoms with Crippen molar-refractivity contribution in [3.05, 3.63) is 88.7 Å². The first-order valence-corrected chi connectivity index (χ1v) is 9.21. The minimum absolute atomic E-state index is 0.0435.